The minimum atomic E-state index is 0.389. The predicted octanol–water partition coefficient (Wildman–Crippen LogP) is 0.864. The van der Waals surface area contributed by atoms with Gasteiger partial charge in [-0.2, -0.15) is 0 Å². The molecule has 0 fully saturated rings. The Morgan fingerprint density at radius 2 is 2.07 bits per heavy atom. The Kier molecular flexibility index (Phi) is 4.71. The summed E-state index contributed by atoms with van der Waals surface area (Å²) < 4.78 is 10.5. The second kappa shape index (κ2) is 6.15. The fourth-order valence-electron chi connectivity index (χ4n) is 0.859. The Balaban J connectivity index is 2.15. The number of aromatic nitrogens is 2. The number of nitrogen functional groups attached to an aromatic ring is 1. The molecule has 1 aromatic heterocycles. The van der Waals surface area contributed by atoms with Crippen molar-refractivity contribution in [3.05, 3.63) is 12.1 Å². The fourth-order valence-corrected chi connectivity index (χ4v) is 0.859. The minimum Gasteiger partial charge on any atom is -0.474 e. The third kappa shape index (κ3) is 4.04. The van der Waals surface area contributed by atoms with E-state index in [2.05, 4.69) is 17.1 Å². The second-order valence-corrected chi connectivity index (χ2v) is 2.76. The van der Waals surface area contributed by atoms with Crippen molar-refractivity contribution in [3.63, 3.8) is 0 Å². The quantitative estimate of drug-likeness (QED) is 0.685. The normalized spacial score (nSPS) is 10.1. The number of rotatable bonds is 6. The van der Waals surface area contributed by atoms with Gasteiger partial charge in [-0.25, -0.2) is 0 Å². The highest BCUT2D eigenvalue weighted by Gasteiger charge is 1.95. The second-order valence-electron chi connectivity index (χ2n) is 2.76. The van der Waals surface area contributed by atoms with E-state index in [0.29, 0.717) is 24.9 Å². The topological polar surface area (TPSA) is 70.3 Å². The summed E-state index contributed by atoms with van der Waals surface area (Å²) in [4.78, 5) is 0. The van der Waals surface area contributed by atoms with Crippen LogP contribution in [-0.2, 0) is 4.74 Å². The molecule has 0 saturated carbocycles. The van der Waals surface area contributed by atoms with E-state index < -0.39 is 0 Å². The van der Waals surface area contributed by atoms with Crippen molar-refractivity contribution >= 4 is 5.82 Å². The van der Waals surface area contributed by atoms with E-state index in [9.17, 15) is 0 Å². The standard InChI is InChI=1S/C9H15N3O2/c1-2-5-13-6-7-14-9-4-3-8(10)11-12-9/h3-4H,2,5-7H2,1H3,(H2,10,11). The first kappa shape index (κ1) is 10.7. The van der Waals surface area contributed by atoms with Crippen LogP contribution in [0.4, 0.5) is 5.82 Å². The number of nitrogens with two attached hydrogens (primary N) is 1. The van der Waals surface area contributed by atoms with Gasteiger partial charge in [-0.3, -0.25) is 0 Å². The Bertz CT molecular complexity index is 251. The molecule has 5 nitrogen and oxygen atoms in total. The zero-order chi connectivity index (χ0) is 10.2. The van der Waals surface area contributed by atoms with E-state index in [0.717, 1.165) is 13.0 Å². The van der Waals surface area contributed by atoms with Gasteiger partial charge in [0.15, 0.2) is 0 Å². The van der Waals surface area contributed by atoms with Crippen molar-refractivity contribution in [1.29, 1.82) is 0 Å². The van der Waals surface area contributed by atoms with Gasteiger partial charge in [0.1, 0.15) is 12.4 Å². The van der Waals surface area contributed by atoms with Gasteiger partial charge in [0.25, 0.3) is 0 Å². The van der Waals surface area contributed by atoms with Gasteiger partial charge in [-0.15, -0.1) is 10.2 Å². The van der Waals surface area contributed by atoms with Crippen LogP contribution in [0.5, 0.6) is 5.88 Å². The maximum absolute atomic E-state index is 5.37. The summed E-state index contributed by atoms with van der Waals surface area (Å²) in [6, 6.07) is 3.33. The predicted molar refractivity (Wildman–Crippen MR) is 53.0 cm³/mol. The van der Waals surface area contributed by atoms with Crippen molar-refractivity contribution in [2.24, 2.45) is 0 Å². The van der Waals surface area contributed by atoms with E-state index >= 15 is 0 Å². The molecule has 0 radical (unpaired) electrons. The summed E-state index contributed by atoms with van der Waals surface area (Å²) >= 11 is 0. The Morgan fingerprint density at radius 1 is 1.21 bits per heavy atom. The zero-order valence-electron chi connectivity index (χ0n) is 8.27. The largest absolute Gasteiger partial charge is 0.474 e. The maximum atomic E-state index is 5.37. The first-order chi connectivity index (χ1) is 6.83. The Labute approximate surface area is 83.2 Å². The molecule has 1 rings (SSSR count). The third-order valence-electron chi connectivity index (χ3n) is 1.49. The average molecular weight is 197 g/mol. The van der Waals surface area contributed by atoms with Gasteiger partial charge in [0, 0.05) is 12.7 Å². The lowest BCUT2D eigenvalue weighted by atomic mass is 10.5. The summed E-state index contributed by atoms with van der Waals surface area (Å²) in [7, 11) is 0. The molecule has 0 atom stereocenters. The molecule has 0 amide bonds. The fraction of sp³-hybridized carbons (Fsp3) is 0.556. The summed E-state index contributed by atoms with van der Waals surface area (Å²) in [5.41, 5.74) is 5.37. The molecule has 78 valence electrons. The molecule has 0 bridgehead atoms. The first-order valence-corrected chi connectivity index (χ1v) is 4.62. The molecule has 0 aromatic carbocycles. The van der Waals surface area contributed by atoms with Crippen LogP contribution in [-0.4, -0.2) is 30.0 Å². The molecule has 2 N–H and O–H groups in total. The van der Waals surface area contributed by atoms with E-state index in [4.69, 9.17) is 15.2 Å². The highest BCUT2D eigenvalue weighted by atomic mass is 16.5. The molecule has 0 saturated heterocycles. The Hall–Kier alpha value is -1.36. The van der Waals surface area contributed by atoms with Gasteiger partial charge in [-0.05, 0) is 12.5 Å². The molecule has 0 aliphatic rings. The maximum Gasteiger partial charge on any atom is 0.233 e. The van der Waals surface area contributed by atoms with Crippen LogP contribution in [0.1, 0.15) is 13.3 Å². The lowest BCUT2D eigenvalue weighted by Crippen LogP contribution is -2.08. The van der Waals surface area contributed by atoms with Crippen LogP contribution >= 0.6 is 0 Å². The molecular formula is C9H15N3O2. The molecular weight excluding hydrogens is 182 g/mol. The van der Waals surface area contributed by atoms with Gasteiger partial charge >= 0.3 is 0 Å². The van der Waals surface area contributed by atoms with E-state index in [1.807, 2.05) is 0 Å². The van der Waals surface area contributed by atoms with Crippen molar-refractivity contribution in [2.45, 2.75) is 13.3 Å². The van der Waals surface area contributed by atoms with Gasteiger partial charge < -0.3 is 15.2 Å². The smallest absolute Gasteiger partial charge is 0.233 e. The molecule has 0 aliphatic heterocycles. The summed E-state index contributed by atoms with van der Waals surface area (Å²) in [6.45, 7) is 3.88. The van der Waals surface area contributed by atoms with Crippen LogP contribution < -0.4 is 10.5 Å². The van der Waals surface area contributed by atoms with Crippen LogP contribution in [0.25, 0.3) is 0 Å². The molecule has 14 heavy (non-hydrogen) atoms. The highest BCUT2D eigenvalue weighted by Crippen LogP contribution is 2.04. The third-order valence-corrected chi connectivity index (χ3v) is 1.49. The summed E-state index contributed by atoms with van der Waals surface area (Å²) in [5, 5.41) is 7.40. The van der Waals surface area contributed by atoms with Gasteiger partial charge in [0.2, 0.25) is 5.88 Å². The molecule has 1 heterocycles. The van der Waals surface area contributed by atoms with Gasteiger partial charge in [0.05, 0.1) is 6.61 Å². The molecule has 0 aliphatic carbocycles. The number of anilines is 1. The van der Waals surface area contributed by atoms with Crippen LogP contribution in [0.15, 0.2) is 12.1 Å². The molecule has 5 heteroatoms. The molecule has 0 spiro atoms. The molecule has 0 unspecified atom stereocenters. The summed E-state index contributed by atoms with van der Waals surface area (Å²) in [5.74, 6) is 0.860. The van der Waals surface area contributed by atoms with Crippen molar-refractivity contribution in [3.8, 4) is 5.88 Å². The van der Waals surface area contributed by atoms with E-state index in [1.54, 1.807) is 12.1 Å². The Morgan fingerprint density at radius 3 is 2.71 bits per heavy atom. The van der Waals surface area contributed by atoms with Crippen molar-refractivity contribution in [2.75, 3.05) is 25.6 Å². The van der Waals surface area contributed by atoms with Crippen LogP contribution in [0.3, 0.4) is 0 Å². The van der Waals surface area contributed by atoms with Crippen LogP contribution in [0.2, 0.25) is 0 Å². The van der Waals surface area contributed by atoms with Crippen molar-refractivity contribution in [1.82, 2.24) is 10.2 Å². The van der Waals surface area contributed by atoms with Crippen LogP contribution in [0, 0.1) is 0 Å². The number of nitrogens with zero attached hydrogens (tertiary/aromatic N) is 2. The lowest BCUT2D eigenvalue weighted by molar-refractivity contribution is 0.0987. The minimum absolute atomic E-state index is 0.389. The number of hydrogen-bond acceptors (Lipinski definition) is 5. The molecule has 1 aromatic rings. The van der Waals surface area contributed by atoms with E-state index in [-0.39, 0.29) is 0 Å². The number of ether oxygens (including phenoxy) is 2. The SMILES string of the molecule is CCCOCCOc1ccc(N)nn1. The van der Waals surface area contributed by atoms with Gasteiger partial charge in [-0.1, -0.05) is 6.92 Å². The lowest BCUT2D eigenvalue weighted by Gasteiger charge is -2.04. The monoisotopic (exact) mass is 197 g/mol. The zero-order valence-corrected chi connectivity index (χ0v) is 8.27. The van der Waals surface area contributed by atoms with Crippen molar-refractivity contribution < 1.29 is 9.47 Å². The number of hydrogen-bond donors (Lipinski definition) is 1. The first-order valence-electron chi connectivity index (χ1n) is 4.62. The highest BCUT2D eigenvalue weighted by molar-refractivity contribution is 5.27. The average Bonchev–Trinajstić information content (AvgIpc) is 2.21. The summed E-state index contributed by atoms with van der Waals surface area (Å²) in [6.07, 6.45) is 1.02. The van der Waals surface area contributed by atoms with E-state index in [1.165, 1.54) is 0 Å².